The molecule has 2 aliphatic rings. The summed E-state index contributed by atoms with van der Waals surface area (Å²) in [6.45, 7) is 3.92. The number of pyridine rings is 1. The van der Waals surface area contributed by atoms with Gasteiger partial charge in [0.15, 0.2) is 17.0 Å². The molecule has 31 heavy (non-hydrogen) atoms. The summed E-state index contributed by atoms with van der Waals surface area (Å²) in [6.07, 6.45) is 4.85. The van der Waals surface area contributed by atoms with Gasteiger partial charge in [0.05, 0.1) is 6.33 Å². The number of halogens is 1. The van der Waals surface area contributed by atoms with Crippen molar-refractivity contribution in [3.05, 3.63) is 57.6 Å². The molecule has 1 saturated carbocycles. The number of anilines is 1. The number of nitrogens with zero attached hydrogens (tertiary/aromatic N) is 8. The first-order chi connectivity index (χ1) is 15.0. The number of hydrogen-bond donors (Lipinski definition) is 0. The van der Waals surface area contributed by atoms with Crippen LogP contribution >= 0.6 is 11.6 Å². The summed E-state index contributed by atoms with van der Waals surface area (Å²) in [5.74, 6) is 3.25. The van der Waals surface area contributed by atoms with Gasteiger partial charge >= 0.3 is 0 Å². The SMILES string of the molecule is Cc1cnc(N2CC3C(C2)C3c2noc(Cn3cnc4ncn(C)c4c3=O)n2)cc1Cl. The van der Waals surface area contributed by atoms with Crippen molar-refractivity contribution in [2.75, 3.05) is 18.0 Å². The van der Waals surface area contributed by atoms with Crippen LogP contribution in [0.5, 0.6) is 0 Å². The number of hydrogen-bond acceptors (Lipinski definition) is 8. The zero-order chi connectivity index (χ0) is 21.3. The number of fused-ring (bicyclic) bond motifs is 2. The fourth-order valence-electron chi connectivity index (χ4n) is 4.56. The second-order valence-corrected chi connectivity index (χ2v) is 8.71. The monoisotopic (exact) mass is 438 g/mol. The number of imidazole rings is 1. The van der Waals surface area contributed by atoms with Crippen LogP contribution in [-0.4, -0.2) is 47.3 Å². The minimum atomic E-state index is -0.187. The maximum absolute atomic E-state index is 12.7. The predicted molar refractivity (Wildman–Crippen MR) is 112 cm³/mol. The van der Waals surface area contributed by atoms with Crippen molar-refractivity contribution in [3.8, 4) is 0 Å². The zero-order valence-corrected chi connectivity index (χ0v) is 17.7. The van der Waals surface area contributed by atoms with Gasteiger partial charge in [-0.3, -0.25) is 9.36 Å². The van der Waals surface area contributed by atoms with E-state index in [9.17, 15) is 4.79 Å². The van der Waals surface area contributed by atoms with Gasteiger partial charge in [-0.1, -0.05) is 16.8 Å². The number of rotatable bonds is 4. The molecule has 2 unspecified atom stereocenters. The Morgan fingerprint density at radius 1 is 1.19 bits per heavy atom. The Bertz CT molecular complexity index is 1360. The summed E-state index contributed by atoms with van der Waals surface area (Å²) in [5.41, 5.74) is 1.66. The molecule has 0 spiro atoms. The standard InChI is InChI=1S/C20H19ClN8O2/c1-10-4-22-14(3-13(10)21)28-5-11-12(6-28)16(11)18-25-15(31-26-18)7-29-9-24-19-17(20(29)30)27(2)8-23-19/h3-4,8-9,11-12,16H,5-7H2,1-2H3. The van der Waals surface area contributed by atoms with E-state index in [0.717, 1.165) is 29.5 Å². The van der Waals surface area contributed by atoms with Gasteiger partial charge in [-0.2, -0.15) is 4.98 Å². The Hall–Kier alpha value is -3.27. The summed E-state index contributed by atoms with van der Waals surface area (Å²) in [4.78, 5) is 32.3. The molecule has 6 rings (SSSR count). The predicted octanol–water partition coefficient (Wildman–Crippen LogP) is 1.77. The number of aryl methyl sites for hydroxylation is 2. The van der Waals surface area contributed by atoms with Crippen LogP contribution in [0.1, 0.15) is 23.2 Å². The normalized spacial score (nSPS) is 22.3. The molecule has 1 aliphatic heterocycles. The fourth-order valence-corrected chi connectivity index (χ4v) is 4.70. The van der Waals surface area contributed by atoms with E-state index in [2.05, 4.69) is 30.0 Å². The first-order valence-corrected chi connectivity index (χ1v) is 10.4. The van der Waals surface area contributed by atoms with Crippen LogP contribution in [0.4, 0.5) is 5.82 Å². The molecule has 5 heterocycles. The first-order valence-electron chi connectivity index (χ1n) is 10.1. The molecule has 1 saturated heterocycles. The van der Waals surface area contributed by atoms with Crippen LogP contribution in [0.15, 0.2) is 34.2 Å². The molecule has 11 heteroatoms. The average molecular weight is 439 g/mol. The third-order valence-corrected chi connectivity index (χ3v) is 6.74. The molecule has 0 aromatic carbocycles. The molecule has 2 fully saturated rings. The van der Waals surface area contributed by atoms with E-state index in [-0.39, 0.29) is 18.0 Å². The summed E-state index contributed by atoms with van der Waals surface area (Å²) < 4.78 is 8.56. The van der Waals surface area contributed by atoms with Crippen LogP contribution in [0.2, 0.25) is 5.02 Å². The van der Waals surface area contributed by atoms with Crippen LogP contribution in [0, 0.1) is 18.8 Å². The summed E-state index contributed by atoms with van der Waals surface area (Å²) in [7, 11) is 1.77. The van der Waals surface area contributed by atoms with Gasteiger partial charge in [0.2, 0.25) is 5.89 Å². The van der Waals surface area contributed by atoms with Crippen LogP contribution in [-0.2, 0) is 13.6 Å². The summed E-state index contributed by atoms with van der Waals surface area (Å²) >= 11 is 6.25. The molecule has 158 valence electrons. The highest BCUT2D eigenvalue weighted by Crippen LogP contribution is 2.57. The van der Waals surface area contributed by atoms with E-state index < -0.39 is 0 Å². The molecular weight excluding hydrogens is 420 g/mol. The molecular formula is C20H19ClN8O2. The smallest absolute Gasteiger partial charge is 0.280 e. The van der Waals surface area contributed by atoms with Crippen molar-refractivity contribution in [1.29, 1.82) is 0 Å². The first kappa shape index (κ1) is 18.5. The summed E-state index contributed by atoms with van der Waals surface area (Å²) in [6, 6.07) is 1.92. The van der Waals surface area contributed by atoms with Gasteiger partial charge in [0.1, 0.15) is 18.7 Å². The minimum absolute atomic E-state index is 0.180. The molecule has 10 nitrogen and oxygen atoms in total. The maximum atomic E-state index is 12.7. The van der Waals surface area contributed by atoms with Crippen LogP contribution in [0.3, 0.4) is 0 Å². The number of piperidine rings is 1. The quantitative estimate of drug-likeness (QED) is 0.474. The average Bonchev–Trinajstić information content (AvgIpc) is 3.18. The van der Waals surface area contributed by atoms with Crippen molar-refractivity contribution < 1.29 is 4.52 Å². The molecule has 4 aromatic heterocycles. The van der Waals surface area contributed by atoms with E-state index in [1.54, 1.807) is 17.9 Å². The molecule has 1 aliphatic carbocycles. The lowest BCUT2D eigenvalue weighted by Gasteiger charge is -2.20. The van der Waals surface area contributed by atoms with Gasteiger partial charge in [0, 0.05) is 37.3 Å². The minimum Gasteiger partial charge on any atom is -0.356 e. The highest BCUT2D eigenvalue weighted by molar-refractivity contribution is 6.31. The lowest BCUT2D eigenvalue weighted by atomic mass is 10.2. The van der Waals surface area contributed by atoms with Gasteiger partial charge in [-0.05, 0) is 30.4 Å². The van der Waals surface area contributed by atoms with Crippen LogP contribution in [0.25, 0.3) is 11.2 Å². The molecule has 4 aromatic rings. The lowest BCUT2D eigenvalue weighted by Crippen LogP contribution is -2.24. The Kier molecular flexibility index (Phi) is 3.95. The van der Waals surface area contributed by atoms with Crippen molar-refractivity contribution in [3.63, 3.8) is 0 Å². The van der Waals surface area contributed by atoms with Gasteiger partial charge in [-0.25, -0.2) is 15.0 Å². The Morgan fingerprint density at radius 2 is 1.97 bits per heavy atom. The maximum Gasteiger partial charge on any atom is 0.280 e. The highest BCUT2D eigenvalue weighted by Gasteiger charge is 2.58. The molecule has 0 amide bonds. The highest BCUT2D eigenvalue weighted by atomic mass is 35.5. The largest absolute Gasteiger partial charge is 0.356 e. The van der Waals surface area contributed by atoms with Crippen molar-refractivity contribution >= 4 is 28.6 Å². The second-order valence-electron chi connectivity index (χ2n) is 8.30. The van der Waals surface area contributed by atoms with E-state index in [1.807, 2.05) is 19.2 Å². The van der Waals surface area contributed by atoms with E-state index in [0.29, 0.717) is 34.7 Å². The molecule has 0 N–H and O–H groups in total. The third kappa shape index (κ3) is 2.93. The van der Waals surface area contributed by atoms with E-state index >= 15 is 0 Å². The van der Waals surface area contributed by atoms with Gasteiger partial charge < -0.3 is 14.0 Å². The second kappa shape index (κ2) is 6.61. The molecule has 0 radical (unpaired) electrons. The van der Waals surface area contributed by atoms with Gasteiger partial charge in [-0.15, -0.1) is 0 Å². The molecule has 2 atom stereocenters. The van der Waals surface area contributed by atoms with E-state index in [4.69, 9.17) is 16.1 Å². The van der Waals surface area contributed by atoms with Gasteiger partial charge in [0.25, 0.3) is 5.56 Å². The Morgan fingerprint density at radius 3 is 2.74 bits per heavy atom. The lowest BCUT2D eigenvalue weighted by molar-refractivity contribution is 0.363. The van der Waals surface area contributed by atoms with Crippen LogP contribution < -0.4 is 10.5 Å². The molecule has 0 bridgehead atoms. The van der Waals surface area contributed by atoms with E-state index in [1.165, 1.54) is 10.9 Å². The van der Waals surface area contributed by atoms with Crippen molar-refractivity contribution in [2.24, 2.45) is 18.9 Å². The Balaban J connectivity index is 1.16. The third-order valence-electron chi connectivity index (χ3n) is 6.33. The van der Waals surface area contributed by atoms with Crippen molar-refractivity contribution in [1.82, 2.24) is 34.2 Å². The zero-order valence-electron chi connectivity index (χ0n) is 16.9. The Labute approximate surface area is 181 Å². The summed E-state index contributed by atoms with van der Waals surface area (Å²) in [5, 5.41) is 4.92. The number of aromatic nitrogens is 7. The fraction of sp³-hybridized carbons (Fsp3) is 0.400. The topological polar surface area (TPSA) is 108 Å². The van der Waals surface area contributed by atoms with Crippen molar-refractivity contribution in [2.45, 2.75) is 19.4 Å².